The van der Waals surface area contributed by atoms with E-state index in [1.54, 1.807) is 0 Å². The van der Waals surface area contributed by atoms with Gasteiger partial charge >= 0.3 is 0 Å². The summed E-state index contributed by atoms with van der Waals surface area (Å²) in [5.74, 6) is 0.834. The molecule has 2 fully saturated rings. The Morgan fingerprint density at radius 1 is 0.850 bits per heavy atom. The number of rotatable bonds is 1. The Balaban J connectivity index is 2.22. The van der Waals surface area contributed by atoms with Gasteiger partial charge in [-0.15, -0.1) is 0 Å². The fraction of sp³-hybridized carbons (Fsp3) is 1.00. The van der Waals surface area contributed by atoms with Gasteiger partial charge < -0.3 is 10.6 Å². The maximum absolute atomic E-state index is 3.74. The summed E-state index contributed by atoms with van der Waals surface area (Å²) in [4.78, 5) is 0. The first-order chi connectivity index (χ1) is 9.61. The second kappa shape index (κ2) is 7.26. The zero-order chi connectivity index (χ0) is 14.5. The Bertz CT molecular complexity index is 291. The average molecular weight is 280 g/mol. The molecular weight excluding hydrogens is 244 g/mol. The predicted molar refractivity (Wildman–Crippen MR) is 88.1 cm³/mol. The topological polar surface area (TPSA) is 24.1 Å². The highest BCUT2D eigenvalue weighted by Crippen LogP contribution is 2.48. The lowest BCUT2D eigenvalue weighted by Gasteiger charge is -2.50. The average Bonchev–Trinajstić information content (AvgIpc) is 2.43. The van der Waals surface area contributed by atoms with Gasteiger partial charge in [0.15, 0.2) is 0 Å². The Morgan fingerprint density at radius 3 is 2.25 bits per heavy atom. The number of nitrogens with one attached hydrogen (secondary N) is 2. The van der Waals surface area contributed by atoms with Crippen molar-refractivity contribution in [1.29, 1.82) is 0 Å². The predicted octanol–water partition coefficient (Wildman–Crippen LogP) is 4.10. The van der Waals surface area contributed by atoms with E-state index in [4.69, 9.17) is 0 Å². The van der Waals surface area contributed by atoms with Crippen LogP contribution in [0.5, 0.6) is 0 Å². The molecule has 0 amide bonds. The molecule has 2 heteroatoms. The SMILES string of the molecule is CNC1(C)CCCCCC2(C)CCCCNCCCC21. The van der Waals surface area contributed by atoms with Crippen LogP contribution in [0, 0.1) is 11.3 Å². The molecule has 20 heavy (non-hydrogen) atoms. The summed E-state index contributed by atoms with van der Waals surface area (Å²) >= 11 is 0. The van der Waals surface area contributed by atoms with E-state index in [2.05, 4.69) is 31.5 Å². The highest BCUT2D eigenvalue weighted by atomic mass is 14.9. The monoisotopic (exact) mass is 280 g/mol. The summed E-state index contributed by atoms with van der Waals surface area (Å²) < 4.78 is 0. The molecule has 0 aromatic carbocycles. The van der Waals surface area contributed by atoms with Crippen molar-refractivity contribution in [2.24, 2.45) is 11.3 Å². The van der Waals surface area contributed by atoms with Crippen LogP contribution in [0.1, 0.15) is 78.1 Å². The summed E-state index contributed by atoms with van der Waals surface area (Å²) in [7, 11) is 2.19. The molecule has 1 saturated carbocycles. The van der Waals surface area contributed by atoms with Crippen molar-refractivity contribution >= 4 is 0 Å². The van der Waals surface area contributed by atoms with E-state index < -0.39 is 0 Å². The Hall–Kier alpha value is -0.0800. The van der Waals surface area contributed by atoms with Crippen LogP contribution in [0.15, 0.2) is 0 Å². The van der Waals surface area contributed by atoms with Crippen LogP contribution in [0.3, 0.4) is 0 Å². The van der Waals surface area contributed by atoms with Crippen LogP contribution in [-0.2, 0) is 0 Å². The molecule has 118 valence electrons. The third-order valence-electron chi connectivity index (χ3n) is 6.32. The van der Waals surface area contributed by atoms with Crippen LogP contribution in [-0.4, -0.2) is 25.7 Å². The molecule has 1 aliphatic heterocycles. The fourth-order valence-corrected chi connectivity index (χ4v) is 4.92. The zero-order valence-corrected chi connectivity index (χ0v) is 14.1. The quantitative estimate of drug-likeness (QED) is 0.755. The van der Waals surface area contributed by atoms with Crippen molar-refractivity contribution in [1.82, 2.24) is 10.6 Å². The van der Waals surface area contributed by atoms with Crippen LogP contribution < -0.4 is 10.6 Å². The molecule has 2 rings (SSSR count). The van der Waals surface area contributed by atoms with Crippen molar-refractivity contribution in [2.75, 3.05) is 20.1 Å². The van der Waals surface area contributed by atoms with E-state index >= 15 is 0 Å². The molecule has 1 heterocycles. The molecule has 2 nitrogen and oxygen atoms in total. The standard InChI is InChI=1S/C18H36N2/c1-17-11-5-4-6-13-18(2,19-3)16(17)10-9-15-20-14-8-7-12-17/h16,19-20H,4-15H2,1-3H3. The van der Waals surface area contributed by atoms with Crippen molar-refractivity contribution in [3.63, 3.8) is 0 Å². The molecule has 2 aliphatic rings. The first-order valence-corrected chi connectivity index (χ1v) is 9.00. The Labute approximate surface area is 126 Å². The molecule has 0 spiro atoms. The number of hydrogen-bond donors (Lipinski definition) is 2. The minimum absolute atomic E-state index is 0.342. The van der Waals surface area contributed by atoms with Crippen LogP contribution in [0.4, 0.5) is 0 Å². The van der Waals surface area contributed by atoms with Crippen molar-refractivity contribution in [3.05, 3.63) is 0 Å². The second-order valence-corrected chi connectivity index (χ2v) is 7.78. The molecule has 1 aliphatic carbocycles. The molecule has 3 unspecified atom stereocenters. The van der Waals surface area contributed by atoms with E-state index in [1.165, 1.54) is 77.3 Å². The van der Waals surface area contributed by atoms with Crippen molar-refractivity contribution < 1.29 is 0 Å². The fourth-order valence-electron chi connectivity index (χ4n) is 4.92. The Kier molecular flexibility index (Phi) is 5.92. The number of fused-ring (bicyclic) bond motifs is 1. The normalized spacial score (nSPS) is 41.2. The third-order valence-corrected chi connectivity index (χ3v) is 6.32. The van der Waals surface area contributed by atoms with Crippen molar-refractivity contribution in [3.8, 4) is 0 Å². The number of hydrogen-bond acceptors (Lipinski definition) is 2. The van der Waals surface area contributed by atoms with Crippen molar-refractivity contribution in [2.45, 2.75) is 83.6 Å². The van der Waals surface area contributed by atoms with Gasteiger partial charge in [-0.05, 0) is 76.9 Å². The summed E-state index contributed by atoms with van der Waals surface area (Å²) in [6, 6.07) is 0. The lowest BCUT2D eigenvalue weighted by Crippen LogP contribution is -2.54. The second-order valence-electron chi connectivity index (χ2n) is 7.78. The minimum Gasteiger partial charge on any atom is -0.317 e. The van der Waals surface area contributed by atoms with Gasteiger partial charge in [-0.1, -0.05) is 32.6 Å². The van der Waals surface area contributed by atoms with Gasteiger partial charge in [0.25, 0.3) is 0 Å². The lowest BCUT2D eigenvalue weighted by atomic mass is 9.59. The van der Waals surface area contributed by atoms with Gasteiger partial charge in [-0.2, -0.15) is 0 Å². The molecule has 2 N–H and O–H groups in total. The summed E-state index contributed by atoms with van der Waals surface area (Å²) in [6.07, 6.45) is 14.0. The summed E-state index contributed by atoms with van der Waals surface area (Å²) in [5.41, 5.74) is 0.893. The van der Waals surface area contributed by atoms with E-state index in [9.17, 15) is 0 Å². The van der Waals surface area contributed by atoms with Gasteiger partial charge in [-0.3, -0.25) is 0 Å². The first-order valence-electron chi connectivity index (χ1n) is 9.00. The lowest BCUT2D eigenvalue weighted by molar-refractivity contribution is 0.0339. The minimum atomic E-state index is 0.342. The Morgan fingerprint density at radius 2 is 1.50 bits per heavy atom. The highest BCUT2D eigenvalue weighted by molar-refractivity contribution is 4.99. The summed E-state index contributed by atoms with van der Waals surface area (Å²) in [6.45, 7) is 7.55. The van der Waals surface area contributed by atoms with Gasteiger partial charge in [0.2, 0.25) is 0 Å². The summed E-state index contributed by atoms with van der Waals surface area (Å²) in [5, 5.41) is 7.35. The molecular formula is C18H36N2. The van der Waals surface area contributed by atoms with Gasteiger partial charge in [0.05, 0.1) is 0 Å². The molecule has 0 aromatic heterocycles. The largest absolute Gasteiger partial charge is 0.317 e. The zero-order valence-electron chi connectivity index (χ0n) is 14.1. The maximum atomic E-state index is 3.74. The molecule has 0 bridgehead atoms. The smallest absolute Gasteiger partial charge is 0.0183 e. The molecule has 1 saturated heterocycles. The first kappa shape index (κ1) is 16.3. The van der Waals surface area contributed by atoms with Gasteiger partial charge in [-0.25, -0.2) is 0 Å². The van der Waals surface area contributed by atoms with E-state index in [-0.39, 0.29) is 0 Å². The maximum Gasteiger partial charge on any atom is 0.0183 e. The third kappa shape index (κ3) is 3.76. The van der Waals surface area contributed by atoms with Crippen LogP contribution >= 0.6 is 0 Å². The van der Waals surface area contributed by atoms with E-state index in [0.717, 1.165) is 5.92 Å². The molecule has 0 aromatic rings. The molecule has 3 atom stereocenters. The highest BCUT2D eigenvalue weighted by Gasteiger charge is 2.44. The van der Waals surface area contributed by atoms with Crippen LogP contribution in [0.25, 0.3) is 0 Å². The van der Waals surface area contributed by atoms with Crippen LogP contribution in [0.2, 0.25) is 0 Å². The molecule has 0 radical (unpaired) electrons. The van der Waals surface area contributed by atoms with Gasteiger partial charge in [0, 0.05) is 5.54 Å². The van der Waals surface area contributed by atoms with E-state index in [0.29, 0.717) is 11.0 Å². The van der Waals surface area contributed by atoms with E-state index in [1.807, 2.05) is 0 Å². The van der Waals surface area contributed by atoms with Gasteiger partial charge in [0.1, 0.15) is 0 Å².